The first-order valence-electron chi connectivity index (χ1n) is 11.4. The molecule has 35 heavy (non-hydrogen) atoms. The van der Waals surface area contributed by atoms with Crippen molar-refractivity contribution in [1.82, 2.24) is 0 Å². The monoisotopic (exact) mass is 527 g/mol. The maximum atomic E-state index is 8.55. The van der Waals surface area contributed by atoms with Crippen molar-refractivity contribution in [2.75, 3.05) is 123 Å². The van der Waals surface area contributed by atoms with E-state index in [4.69, 9.17) is 33.5 Å². The van der Waals surface area contributed by atoms with E-state index in [-0.39, 0.29) is 0 Å². The van der Waals surface area contributed by atoms with Gasteiger partial charge >= 0.3 is 0 Å². The lowest BCUT2D eigenvalue weighted by Crippen LogP contribution is -2.37. The van der Waals surface area contributed by atoms with Crippen LogP contribution in [0.5, 0.6) is 0 Å². The van der Waals surface area contributed by atoms with Crippen molar-refractivity contribution in [1.29, 1.82) is 0 Å². The molecule has 0 aromatic rings. The van der Waals surface area contributed by atoms with Gasteiger partial charge in [-0.1, -0.05) is 18.2 Å². The summed E-state index contributed by atoms with van der Waals surface area (Å²) in [5.41, 5.74) is 0. The van der Waals surface area contributed by atoms with E-state index in [1.165, 1.54) is 0 Å². The van der Waals surface area contributed by atoms with Gasteiger partial charge in [0.15, 0.2) is 0 Å². The van der Waals surface area contributed by atoms with Gasteiger partial charge in [-0.15, -0.1) is 19.7 Å². The molecule has 0 saturated carbocycles. The van der Waals surface area contributed by atoms with E-state index >= 15 is 0 Å². The normalized spacial score (nSPS) is 11.5. The lowest BCUT2D eigenvalue weighted by molar-refractivity contribution is -0.870. The molecule has 0 aliphatic heterocycles. The van der Waals surface area contributed by atoms with Crippen molar-refractivity contribution < 1.29 is 46.9 Å². The highest BCUT2D eigenvalue weighted by Gasteiger charge is 2.05. The molecular weight excluding hydrogens is 473 g/mol. The van der Waals surface area contributed by atoms with Crippen molar-refractivity contribution in [2.24, 2.45) is 0 Å². The van der Waals surface area contributed by atoms with Gasteiger partial charge in [-0.3, -0.25) is 0 Å². The molecule has 0 aliphatic carbocycles. The molecule has 0 fully saturated rings. The van der Waals surface area contributed by atoms with Crippen molar-refractivity contribution >= 4 is 7.82 Å². The highest BCUT2D eigenvalue weighted by atomic mass is 31.2. The highest BCUT2D eigenvalue weighted by molar-refractivity contribution is 7.40. The summed E-state index contributed by atoms with van der Waals surface area (Å²) in [4.78, 5) is 25.6. The maximum absolute atomic E-state index is 8.55. The molecule has 0 aromatic heterocycles. The van der Waals surface area contributed by atoms with Crippen LogP contribution in [0.4, 0.5) is 0 Å². The van der Waals surface area contributed by atoms with Gasteiger partial charge in [-0.05, 0) is 0 Å². The second-order valence-electron chi connectivity index (χ2n) is 10.6. The Bertz CT molecular complexity index is 479. The van der Waals surface area contributed by atoms with E-state index in [9.17, 15) is 0 Å². The summed E-state index contributed by atoms with van der Waals surface area (Å²) >= 11 is 0. The molecule has 0 aromatic carbocycles. The van der Waals surface area contributed by atoms with Gasteiger partial charge in [0.25, 0.3) is 0 Å². The zero-order valence-corrected chi connectivity index (χ0v) is 24.8. The largest absolute Gasteiger partial charge is 0.822 e. The Balaban J connectivity index is -0.000000188. The number of phosphoric acid groups is 1. The predicted molar refractivity (Wildman–Crippen MR) is 139 cm³/mol. The molecule has 0 spiro atoms. The quantitative estimate of drug-likeness (QED) is 0.126. The molecule has 0 atom stereocenters. The lowest BCUT2D eigenvalue weighted by atomic mass is 10.5. The molecule has 212 valence electrons. The standard InChI is InChI=1S/3C8H18NO.H3O4P/c3*1-5-7-10-8-6-9(2,3)4;1-5(2,3)4/h3*5H,1,6-8H2,2-4H3;(H3,1,2,3,4)/q3*+1;/p-3. The molecule has 0 aliphatic rings. The zero-order valence-electron chi connectivity index (χ0n) is 23.9. The first-order chi connectivity index (χ1) is 15.7. The van der Waals surface area contributed by atoms with E-state index in [0.29, 0.717) is 19.8 Å². The third kappa shape index (κ3) is 79.2. The first kappa shape index (κ1) is 41.2. The number of quaternary nitrogens is 3. The maximum Gasteiger partial charge on any atom is 0.102 e. The van der Waals surface area contributed by atoms with E-state index in [1.807, 2.05) is 0 Å². The van der Waals surface area contributed by atoms with E-state index in [1.54, 1.807) is 18.2 Å². The Kier molecular flexibility index (Phi) is 27.7. The molecule has 0 bridgehead atoms. The van der Waals surface area contributed by atoms with Gasteiger partial charge in [0.1, 0.15) is 19.6 Å². The SMILES string of the molecule is C=CCOCC[N+](C)(C)C.C=CCOCC[N+](C)(C)C.C=CCOCC[N+](C)(C)C.O=P([O-])([O-])[O-]. The topological polar surface area (TPSA) is 114 Å². The minimum absolute atomic E-state index is 0.667. The first-order valence-corrected chi connectivity index (χ1v) is 12.8. The van der Waals surface area contributed by atoms with E-state index in [2.05, 4.69) is 83.2 Å². The lowest BCUT2D eigenvalue weighted by Gasteiger charge is -2.36. The molecule has 0 unspecified atom stereocenters. The Morgan fingerprint density at radius 2 is 0.743 bits per heavy atom. The fourth-order valence-corrected chi connectivity index (χ4v) is 1.52. The predicted octanol–water partition coefficient (Wildman–Crippen LogP) is -0.139. The molecule has 0 amide bonds. The number of likely N-dealkylation sites (N-methyl/N-ethyl adjacent to an activating group) is 3. The summed E-state index contributed by atoms with van der Waals surface area (Å²) < 4.78 is 27.1. The molecule has 10 nitrogen and oxygen atoms in total. The third-order valence-corrected chi connectivity index (χ3v) is 3.43. The Morgan fingerprint density at radius 3 is 0.857 bits per heavy atom. The average molecular weight is 528 g/mol. The van der Waals surface area contributed by atoms with Crippen molar-refractivity contribution in [3.8, 4) is 0 Å². The smallest absolute Gasteiger partial charge is 0.102 e. The molecule has 0 heterocycles. The molecule has 0 rings (SSSR count). The van der Waals surface area contributed by atoms with Gasteiger partial charge in [-0.2, -0.15) is 7.82 Å². The van der Waals surface area contributed by atoms with Crippen LogP contribution in [0.1, 0.15) is 0 Å². The van der Waals surface area contributed by atoms with Crippen molar-refractivity contribution in [3.05, 3.63) is 38.0 Å². The summed E-state index contributed by atoms with van der Waals surface area (Å²) in [5, 5.41) is 0. The fourth-order valence-electron chi connectivity index (χ4n) is 1.52. The van der Waals surface area contributed by atoms with Gasteiger partial charge < -0.3 is 46.9 Å². The Morgan fingerprint density at radius 1 is 0.571 bits per heavy atom. The number of hydrogen-bond acceptors (Lipinski definition) is 7. The van der Waals surface area contributed by atoms with Crippen LogP contribution in [0.3, 0.4) is 0 Å². The van der Waals surface area contributed by atoms with Crippen LogP contribution >= 0.6 is 7.82 Å². The van der Waals surface area contributed by atoms with Crippen LogP contribution in [0.25, 0.3) is 0 Å². The molecule has 0 saturated heterocycles. The van der Waals surface area contributed by atoms with Gasteiger partial charge in [0, 0.05) is 0 Å². The summed E-state index contributed by atoms with van der Waals surface area (Å²) in [5.74, 6) is 0. The second kappa shape index (κ2) is 23.5. The van der Waals surface area contributed by atoms with Crippen molar-refractivity contribution in [3.63, 3.8) is 0 Å². The van der Waals surface area contributed by atoms with Crippen LogP contribution < -0.4 is 14.7 Å². The van der Waals surface area contributed by atoms with Crippen LogP contribution in [0, 0.1) is 0 Å². The number of hydrogen-bond donors (Lipinski definition) is 0. The molecular formula is C24H54N3O7P. The van der Waals surface area contributed by atoms with E-state index in [0.717, 1.165) is 52.9 Å². The van der Waals surface area contributed by atoms with E-state index < -0.39 is 7.82 Å². The van der Waals surface area contributed by atoms with Gasteiger partial charge in [-0.25, -0.2) is 0 Å². The number of nitrogens with zero attached hydrogens (tertiary/aromatic N) is 3. The second-order valence-corrected chi connectivity index (χ2v) is 11.5. The third-order valence-electron chi connectivity index (χ3n) is 3.43. The van der Waals surface area contributed by atoms with Crippen LogP contribution in [-0.2, 0) is 18.8 Å². The van der Waals surface area contributed by atoms with Crippen LogP contribution in [0.2, 0.25) is 0 Å². The number of ether oxygens (including phenoxy) is 3. The highest BCUT2D eigenvalue weighted by Crippen LogP contribution is 2.03. The number of rotatable bonds is 15. The van der Waals surface area contributed by atoms with Crippen LogP contribution in [-0.4, -0.2) is 136 Å². The van der Waals surface area contributed by atoms with Crippen molar-refractivity contribution in [2.45, 2.75) is 0 Å². The van der Waals surface area contributed by atoms with Gasteiger partial charge in [0.05, 0.1) is 103 Å². The summed E-state index contributed by atoms with van der Waals surface area (Å²) in [6, 6.07) is 0. The summed E-state index contributed by atoms with van der Waals surface area (Å²) in [6.45, 7) is 18.3. The van der Waals surface area contributed by atoms with Gasteiger partial charge in [0.2, 0.25) is 0 Å². The summed E-state index contributed by atoms with van der Waals surface area (Å²) in [6.07, 6.45) is 5.32. The Labute approximate surface area is 215 Å². The van der Waals surface area contributed by atoms with Crippen LogP contribution in [0.15, 0.2) is 38.0 Å². The molecule has 0 radical (unpaired) electrons. The average Bonchev–Trinajstić information content (AvgIpc) is 2.64. The zero-order chi connectivity index (χ0) is 28.6. The minimum Gasteiger partial charge on any atom is -0.822 e. The minimum atomic E-state index is -5.39. The summed E-state index contributed by atoms with van der Waals surface area (Å²) in [7, 11) is 14.0. The Hall–Kier alpha value is -0.910. The molecule has 0 N–H and O–H groups in total. The fraction of sp³-hybridized carbons (Fsp3) is 0.750. The molecule has 11 heteroatoms.